The van der Waals surface area contributed by atoms with E-state index >= 15 is 0 Å². The minimum atomic E-state index is -0.303. The average Bonchev–Trinajstić information content (AvgIpc) is 3.25. The average molecular weight is 253 g/mol. The lowest BCUT2D eigenvalue weighted by Gasteiger charge is -2.28. The van der Waals surface area contributed by atoms with E-state index in [0.29, 0.717) is 0 Å². The zero-order valence-electron chi connectivity index (χ0n) is 11.0. The number of hydrogen-bond donors (Lipinski definition) is 1. The molecular weight excluding hydrogens is 234 g/mol. The largest absolute Gasteiger partial charge is 0.371 e. The van der Waals surface area contributed by atoms with E-state index in [1.807, 2.05) is 12.1 Å². The van der Waals surface area contributed by atoms with Gasteiger partial charge < -0.3 is 10.5 Å². The van der Waals surface area contributed by atoms with Gasteiger partial charge in [-0.1, -0.05) is 60.7 Å². The highest BCUT2D eigenvalue weighted by Crippen LogP contribution is 2.29. The second-order valence-corrected chi connectivity index (χ2v) is 5.38. The normalized spacial score (nSPS) is 18.3. The number of rotatable bonds is 5. The van der Waals surface area contributed by atoms with Crippen molar-refractivity contribution in [1.29, 1.82) is 0 Å². The molecule has 1 heterocycles. The maximum atomic E-state index is 6.64. The van der Waals surface area contributed by atoms with Gasteiger partial charge in [-0.25, -0.2) is 0 Å². The molecule has 19 heavy (non-hydrogen) atoms. The van der Waals surface area contributed by atoms with Crippen molar-refractivity contribution in [2.45, 2.75) is 24.5 Å². The number of nitrogens with two attached hydrogens (primary N) is 1. The SMILES string of the molecule is NC(Cc1ccccc1)(Cc1ccccc1)[C@H]1CO1. The molecule has 0 radical (unpaired) electrons. The summed E-state index contributed by atoms with van der Waals surface area (Å²) in [7, 11) is 0. The van der Waals surface area contributed by atoms with Crippen molar-refractivity contribution in [3.63, 3.8) is 0 Å². The Hall–Kier alpha value is -1.64. The summed E-state index contributed by atoms with van der Waals surface area (Å²) in [4.78, 5) is 0. The minimum Gasteiger partial charge on any atom is -0.371 e. The summed E-state index contributed by atoms with van der Waals surface area (Å²) >= 11 is 0. The molecule has 1 atom stereocenters. The van der Waals surface area contributed by atoms with Gasteiger partial charge in [0.15, 0.2) is 0 Å². The van der Waals surface area contributed by atoms with E-state index in [0.717, 1.165) is 19.4 Å². The van der Waals surface area contributed by atoms with Crippen molar-refractivity contribution in [1.82, 2.24) is 0 Å². The predicted molar refractivity (Wildman–Crippen MR) is 77.0 cm³/mol. The van der Waals surface area contributed by atoms with Gasteiger partial charge in [0.25, 0.3) is 0 Å². The number of ether oxygens (including phenoxy) is 1. The van der Waals surface area contributed by atoms with Gasteiger partial charge in [-0.15, -0.1) is 0 Å². The summed E-state index contributed by atoms with van der Waals surface area (Å²) in [6.07, 6.45) is 1.90. The van der Waals surface area contributed by atoms with E-state index in [4.69, 9.17) is 10.5 Å². The third kappa shape index (κ3) is 3.03. The molecule has 2 N–H and O–H groups in total. The Labute approximate surface area is 114 Å². The first-order valence-electron chi connectivity index (χ1n) is 6.75. The summed E-state index contributed by atoms with van der Waals surface area (Å²) in [5.74, 6) is 0. The van der Waals surface area contributed by atoms with E-state index < -0.39 is 0 Å². The highest BCUT2D eigenvalue weighted by molar-refractivity contribution is 5.24. The van der Waals surface area contributed by atoms with Crippen LogP contribution in [0.5, 0.6) is 0 Å². The zero-order valence-corrected chi connectivity index (χ0v) is 11.0. The van der Waals surface area contributed by atoms with Crippen LogP contribution in [0.3, 0.4) is 0 Å². The molecule has 98 valence electrons. The minimum absolute atomic E-state index is 0.188. The highest BCUT2D eigenvalue weighted by atomic mass is 16.6. The van der Waals surface area contributed by atoms with Crippen LogP contribution in [0.15, 0.2) is 60.7 Å². The Balaban J connectivity index is 1.79. The Bertz CT molecular complexity index is 478. The van der Waals surface area contributed by atoms with Crippen LogP contribution in [0.1, 0.15) is 11.1 Å². The summed E-state index contributed by atoms with van der Waals surface area (Å²) in [5, 5.41) is 0. The Morgan fingerprint density at radius 1 is 0.895 bits per heavy atom. The fourth-order valence-corrected chi connectivity index (χ4v) is 2.62. The summed E-state index contributed by atoms with van der Waals surface area (Å²) in [6.45, 7) is 0.788. The van der Waals surface area contributed by atoms with Crippen molar-refractivity contribution >= 4 is 0 Å². The lowest BCUT2D eigenvalue weighted by atomic mass is 9.83. The van der Waals surface area contributed by atoms with Crippen molar-refractivity contribution in [3.05, 3.63) is 71.8 Å². The van der Waals surface area contributed by atoms with Crippen LogP contribution in [-0.2, 0) is 17.6 Å². The van der Waals surface area contributed by atoms with Crippen LogP contribution in [-0.4, -0.2) is 18.2 Å². The first kappa shape index (κ1) is 12.4. The summed E-state index contributed by atoms with van der Waals surface area (Å²) < 4.78 is 5.49. The Morgan fingerprint density at radius 2 is 1.32 bits per heavy atom. The lowest BCUT2D eigenvalue weighted by Crippen LogP contribution is -2.49. The molecule has 0 spiro atoms. The third-order valence-corrected chi connectivity index (χ3v) is 3.73. The van der Waals surface area contributed by atoms with Gasteiger partial charge in [0.1, 0.15) is 0 Å². The maximum absolute atomic E-state index is 6.64. The topological polar surface area (TPSA) is 38.5 Å². The quantitative estimate of drug-likeness (QED) is 0.832. The molecule has 2 aromatic rings. The van der Waals surface area contributed by atoms with Crippen LogP contribution in [0.2, 0.25) is 0 Å². The van der Waals surface area contributed by atoms with Gasteiger partial charge in [-0.2, -0.15) is 0 Å². The molecule has 2 aromatic carbocycles. The molecule has 1 aliphatic rings. The molecule has 0 aliphatic carbocycles. The molecule has 3 rings (SSSR count). The fraction of sp³-hybridized carbons (Fsp3) is 0.294. The standard InChI is InChI=1S/C17H19NO/c18-17(16-13-19-16,11-14-7-3-1-4-8-14)12-15-9-5-2-6-10-15/h1-10,16H,11-13,18H2/t16-/m1/s1. The van der Waals surface area contributed by atoms with Gasteiger partial charge in [0.2, 0.25) is 0 Å². The van der Waals surface area contributed by atoms with Gasteiger partial charge in [-0.3, -0.25) is 0 Å². The van der Waals surface area contributed by atoms with E-state index in [1.165, 1.54) is 11.1 Å². The van der Waals surface area contributed by atoms with Gasteiger partial charge >= 0.3 is 0 Å². The highest BCUT2D eigenvalue weighted by Gasteiger charge is 2.43. The monoisotopic (exact) mass is 253 g/mol. The first-order chi connectivity index (χ1) is 9.26. The van der Waals surface area contributed by atoms with Crippen molar-refractivity contribution in [2.75, 3.05) is 6.61 Å². The molecule has 0 aromatic heterocycles. The summed E-state index contributed by atoms with van der Waals surface area (Å²) in [5.41, 5.74) is 8.89. The van der Waals surface area contributed by atoms with Crippen LogP contribution < -0.4 is 5.73 Å². The number of hydrogen-bond acceptors (Lipinski definition) is 2. The van der Waals surface area contributed by atoms with Crippen molar-refractivity contribution < 1.29 is 4.74 Å². The van der Waals surface area contributed by atoms with Gasteiger partial charge in [0, 0.05) is 0 Å². The van der Waals surface area contributed by atoms with Crippen LogP contribution >= 0.6 is 0 Å². The smallest absolute Gasteiger partial charge is 0.0995 e. The number of benzene rings is 2. The van der Waals surface area contributed by atoms with E-state index in [2.05, 4.69) is 48.5 Å². The van der Waals surface area contributed by atoms with E-state index in [1.54, 1.807) is 0 Å². The molecule has 0 unspecified atom stereocenters. The fourth-order valence-electron chi connectivity index (χ4n) is 2.62. The molecule has 1 aliphatic heterocycles. The van der Waals surface area contributed by atoms with E-state index in [9.17, 15) is 0 Å². The van der Waals surface area contributed by atoms with Crippen molar-refractivity contribution in [3.8, 4) is 0 Å². The molecule has 1 saturated heterocycles. The summed E-state index contributed by atoms with van der Waals surface area (Å²) in [6, 6.07) is 20.9. The van der Waals surface area contributed by atoms with Crippen molar-refractivity contribution in [2.24, 2.45) is 5.73 Å². The molecule has 0 bridgehead atoms. The van der Waals surface area contributed by atoms with Crippen LogP contribution in [0, 0.1) is 0 Å². The molecule has 1 fully saturated rings. The second kappa shape index (κ2) is 5.16. The lowest BCUT2D eigenvalue weighted by molar-refractivity contribution is 0.281. The van der Waals surface area contributed by atoms with E-state index in [-0.39, 0.29) is 11.6 Å². The molecule has 0 amide bonds. The van der Waals surface area contributed by atoms with Crippen LogP contribution in [0.25, 0.3) is 0 Å². The molecule has 0 saturated carbocycles. The molecule has 2 nitrogen and oxygen atoms in total. The zero-order chi connectivity index (χ0) is 13.1. The van der Waals surface area contributed by atoms with Gasteiger partial charge in [-0.05, 0) is 24.0 Å². The van der Waals surface area contributed by atoms with Crippen LogP contribution in [0.4, 0.5) is 0 Å². The Kier molecular flexibility index (Phi) is 3.36. The predicted octanol–water partition coefficient (Wildman–Crippen LogP) is 2.57. The van der Waals surface area contributed by atoms with Gasteiger partial charge in [0.05, 0.1) is 18.2 Å². The Morgan fingerprint density at radius 3 is 1.68 bits per heavy atom. The number of epoxide rings is 1. The first-order valence-corrected chi connectivity index (χ1v) is 6.75. The molecule has 2 heteroatoms. The second-order valence-electron chi connectivity index (χ2n) is 5.38. The third-order valence-electron chi connectivity index (χ3n) is 3.73. The molecular formula is C17H19NO. The maximum Gasteiger partial charge on any atom is 0.0995 e.